The zero-order valence-corrected chi connectivity index (χ0v) is 9.74. The monoisotopic (exact) mass is 218 g/mol. The van der Waals surface area contributed by atoms with Crippen LogP contribution in [0.25, 0.3) is 0 Å². The fourth-order valence-electron chi connectivity index (χ4n) is 0.649. The van der Waals surface area contributed by atoms with E-state index in [4.69, 9.17) is 0 Å². The summed E-state index contributed by atoms with van der Waals surface area (Å²) in [7, 11) is 3.75. The second-order valence-corrected chi connectivity index (χ2v) is 6.62. The highest BCUT2D eigenvalue weighted by atomic mass is 33.1. The predicted octanol–water partition coefficient (Wildman–Crippen LogP) is 4.38. The van der Waals surface area contributed by atoms with Crippen LogP contribution in [0.3, 0.4) is 0 Å². The number of benzene rings is 1. The molecule has 0 saturated carbocycles. The molecule has 1 rings (SSSR count). The molecule has 1 aromatic rings. The summed E-state index contributed by atoms with van der Waals surface area (Å²) in [6, 6.07) is 10.5. The summed E-state index contributed by atoms with van der Waals surface area (Å²) < 4.78 is 0.334. The lowest BCUT2D eigenvalue weighted by Crippen LogP contribution is -2.04. The Balaban J connectivity index is 0.00000144. The van der Waals surface area contributed by atoms with E-state index >= 15 is 0 Å². The summed E-state index contributed by atoms with van der Waals surface area (Å²) in [5, 5.41) is 0. The zero-order valence-electron chi connectivity index (χ0n) is 8.11. The fraction of sp³-hybridized carbons (Fsp3) is 0.400. The third kappa shape index (κ3) is 5.99. The standard InChI is InChI=1S/C10H14S2.FH/c1-10(2,3)12-11-9-7-5-4-6-8-9;/h4-8H,1-3H3;1H. The summed E-state index contributed by atoms with van der Waals surface area (Å²) in [6.07, 6.45) is 0. The van der Waals surface area contributed by atoms with E-state index in [0.717, 1.165) is 0 Å². The van der Waals surface area contributed by atoms with Crippen LogP contribution in [0.5, 0.6) is 0 Å². The smallest absolute Gasteiger partial charge is 0.0182 e. The van der Waals surface area contributed by atoms with Gasteiger partial charge in [-0.3, -0.25) is 4.70 Å². The van der Waals surface area contributed by atoms with E-state index in [-0.39, 0.29) is 4.70 Å². The van der Waals surface area contributed by atoms with Crippen LogP contribution in [0, 0.1) is 0 Å². The number of rotatable bonds is 2. The number of hydrogen-bond donors (Lipinski definition) is 0. The van der Waals surface area contributed by atoms with E-state index in [2.05, 4.69) is 45.0 Å². The first-order valence-corrected chi connectivity index (χ1v) is 6.14. The summed E-state index contributed by atoms with van der Waals surface area (Å²) in [5.41, 5.74) is 0. The molecule has 0 atom stereocenters. The van der Waals surface area contributed by atoms with E-state index in [0.29, 0.717) is 4.75 Å². The minimum Gasteiger partial charge on any atom is -0.269 e. The Bertz CT molecular complexity index is 228. The molecule has 0 unspecified atom stereocenters. The first-order chi connectivity index (χ1) is 5.58. The molecule has 13 heavy (non-hydrogen) atoms. The van der Waals surface area contributed by atoms with E-state index < -0.39 is 0 Å². The Morgan fingerprint density at radius 1 is 1.00 bits per heavy atom. The molecule has 0 radical (unpaired) electrons. The van der Waals surface area contributed by atoms with Gasteiger partial charge in [-0.1, -0.05) is 60.6 Å². The molecule has 0 aliphatic rings. The number of halogens is 1. The second kappa shape index (κ2) is 5.55. The molecule has 0 aliphatic heterocycles. The first kappa shape index (κ1) is 12.8. The Morgan fingerprint density at radius 3 is 2.00 bits per heavy atom. The molecule has 3 heteroatoms. The van der Waals surface area contributed by atoms with Gasteiger partial charge < -0.3 is 0 Å². The predicted molar refractivity (Wildman–Crippen MR) is 62.1 cm³/mol. The molecule has 0 saturated heterocycles. The van der Waals surface area contributed by atoms with Crippen LogP contribution in [0.1, 0.15) is 20.8 Å². The van der Waals surface area contributed by atoms with Crippen molar-refractivity contribution in [1.29, 1.82) is 0 Å². The van der Waals surface area contributed by atoms with Crippen molar-refractivity contribution in [2.75, 3.05) is 0 Å². The fourth-order valence-corrected chi connectivity index (χ4v) is 2.64. The van der Waals surface area contributed by atoms with Crippen LogP contribution < -0.4 is 0 Å². The van der Waals surface area contributed by atoms with Crippen molar-refractivity contribution in [3.63, 3.8) is 0 Å². The van der Waals surface area contributed by atoms with E-state index in [1.54, 1.807) is 0 Å². The van der Waals surface area contributed by atoms with E-state index in [1.165, 1.54) is 4.90 Å². The van der Waals surface area contributed by atoms with Crippen molar-refractivity contribution in [1.82, 2.24) is 0 Å². The molecule has 0 nitrogen and oxygen atoms in total. The molecule has 0 spiro atoms. The highest BCUT2D eigenvalue weighted by Crippen LogP contribution is 2.39. The van der Waals surface area contributed by atoms with Gasteiger partial charge in [-0.2, -0.15) is 0 Å². The minimum atomic E-state index is 0. The van der Waals surface area contributed by atoms with E-state index in [1.807, 2.05) is 27.7 Å². The Kier molecular flexibility index (Phi) is 5.49. The van der Waals surface area contributed by atoms with Crippen molar-refractivity contribution in [3.05, 3.63) is 30.3 Å². The van der Waals surface area contributed by atoms with Gasteiger partial charge in [0, 0.05) is 9.64 Å². The SMILES string of the molecule is CC(C)(C)SSc1ccccc1.F. The van der Waals surface area contributed by atoms with Gasteiger partial charge in [-0.25, -0.2) is 0 Å². The Labute approximate surface area is 87.3 Å². The van der Waals surface area contributed by atoms with Gasteiger partial charge in [-0.15, -0.1) is 0 Å². The molecule has 0 fully saturated rings. The van der Waals surface area contributed by atoms with Gasteiger partial charge in [0.2, 0.25) is 0 Å². The maximum absolute atomic E-state index is 2.23. The average Bonchev–Trinajstić information content (AvgIpc) is 2.02. The van der Waals surface area contributed by atoms with Crippen molar-refractivity contribution in [2.45, 2.75) is 30.4 Å². The quantitative estimate of drug-likeness (QED) is 0.676. The molecule has 0 bridgehead atoms. The van der Waals surface area contributed by atoms with Crippen LogP contribution in [-0.2, 0) is 0 Å². The lowest BCUT2D eigenvalue weighted by Gasteiger charge is -2.15. The molecular formula is C10H15FS2. The Hall–Kier alpha value is -0.150. The van der Waals surface area contributed by atoms with Gasteiger partial charge in [0.05, 0.1) is 0 Å². The van der Waals surface area contributed by atoms with Crippen molar-refractivity contribution < 1.29 is 4.70 Å². The van der Waals surface area contributed by atoms with Crippen LogP contribution in [0.2, 0.25) is 0 Å². The molecular weight excluding hydrogens is 203 g/mol. The Morgan fingerprint density at radius 2 is 1.54 bits per heavy atom. The topological polar surface area (TPSA) is 0 Å². The third-order valence-electron chi connectivity index (χ3n) is 1.13. The van der Waals surface area contributed by atoms with Gasteiger partial charge in [0.25, 0.3) is 0 Å². The third-order valence-corrected chi connectivity index (χ3v) is 4.51. The second-order valence-electron chi connectivity index (χ2n) is 3.59. The molecule has 1 aromatic carbocycles. The average molecular weight is 218 g/mol. The molecule has 0 aromatic heterocycles. The van der Waals surface area contributed by atoms with Crippen LogP contribution in [0.15, 0.2) is 35.2 Å². The van der Waals surface area contributed by atoms with Gasteiger partial charge in [0.15, 0.2) is 0 Å². The molecule has 0 N–H and O–H groups in total. The van der Waals surface area contributed by atoms with Gasteiger partial charge in [0.1, 0.15) is 0 Å². The van der Waals surface area contributed by atoms with Crippen molar-refractivity contribution >= 4 is 21.6 Å². The first-order valence-electron chi connectivity index (χ1n) is 3.99. The summed E-state index contributed by atoms with van der Waals surface area (Å²) in [4.78, 5) is 1.33. The summed E-state index contributed by atoms with van der Waals surface area (Å²) in [5.74, 6) is 0. The largest absolute Gasteiger partial charge is 0.269 e. The normalized spacial score (nSPS) is 10.7. The van der Waals surface area contributed by atoms with Crippen molar-refractivity contribution in [3.8, 4) is 0 Å². The molecule has 0 heterocycles. The van der Waals surface area contributed by atoms with Crippen LogP contribution in [-0.4, -0.2) is 4.75 Å². The minimum absolute atomic E-state index is 0. The lowest BCUT2D eigenvalue weighted by molar-refractivity contribution is 0.810. The molecule has 0 aliphatic carbocycles. The van der Waals surface area contributed by atoms with Gasteiger partial charge in [-0.05, 0) is 12.1 Å². The maximum Gasteiger partial charge on any atom is 0.0182 e. The zero-order chi connectivity index (χ0) is 9.03. The maximum atomic E-state index is 2.23. The van der Waals surface area contributed by atoms with Gasteiger partial charge >= 0.3 is 0 Å². The summed E-state index contributed by atoms with van der Waals surface area (Å²) in [6.45, 7) is 6.69. The molecule has 74 valence electrons. The molecule has 0 amide bonds. The van der Waals surface area contributed by atoms with Crippen LogP contribution in [0.4, 0.5) is 4.70 Å². The highest BCUT2D eigenvalue weighted by Gasteiger charge is 2.10. The lowest BCUT2D eigenvalue weighted by atomic mass is 10.3. The van der Waals surface area contributed by atoms with Crippen molar-refractivity contribution in [2.24, 2.45) is 0 Å². The highest BCUT2D eigenvalue weighted by molar-refractivity contribution is 8.77. The number of hydrogen-bond acceptors (Lipinski definition) is 2. The van der Waals surface area contributed by atoms with Crippen LogP contribution >= 0.6 is 21.6 Å². The van der Waals surface area contributed by atoms with E-state index in [9.17, 15) is 0 Å². The summed E-state index contributed by atoms with van der Waals surface area (Å²) >= 11 is 0.